The van der Waals surface area contributed by atoms with E-state index in [9.17, 15) is 9.18 Å². The maximum atomic E-state index is 13.0. The van der Waals surface area contributed by atoms with Crippen LogP contribution in [0.1, 0.15) is 0 Å². The molecule has 0 aliphatic rings. The Morgan fingerprint density at radius 3 is 2.52 bits per heavy atom. The van der Waals surface area contributed by atoms with E-state index >= 15 is 0 Å². The molecule has 0 N–H and O–H groups in total. The van der Waals surface area contributed by atoms with Crippen molar-refractivity contribution in [2.45, 2.75) is 0 Å². The van der Waals surface area contributed by atoms with Crippen molar-refractivity contribution in [3.8, 4) is 11.6 Å². The second-order valence-corrected chi connectivity index (χ2v) is 4.82. The van der Waals surface area contributed by atoms with Crippen LogP contribution < -0.4 is 10.3 Å². The topological polar surface area (TPSA) is 69.4 Å². The molecule has 0 atom stereocenters. The van der Waals surface area contributed by atoms with Gasteiger partial charge in [-0.1, -0.05) is 18.2 Å². The van der Waals surface area contributed by atoms with E-state index < -0.39 is 5.56 Å². The van der Waals surface area contributed by atoms with Gasteiger partial charge in [-0.15, -0.1) is 10.2 Å². The van der Waals surface area contributed by atoms with Gasteiger partial charge in [0.15, 0.2) is 5.65 Å². The number of hydrogen-bond donors (Lipinski definition) is 0. The summed E-state index contributed by atoms with van der Waals surface area (Å²) in [5, 5.41) is 13.2. The maximum Gasteiger partial charge on any atom is 0.293 e. The third-order valence-electron chi connectivity index (χ3n) is 3.35. The average Bonchev–Trinajstić information content (AvgIpc) is 2.58. The van der Waals surface area contributed by atoms with E-state index in [1.54, 1.807) is 12.1 Å². The smallest absolute Gasteiger partial charge is 0.293 e. The molecule has 0 radical (unpaired) electrons. The van der Waals surface area contributed by atoms with Crippen molar-refractivity contribution in [2.75, 3.05) is 0 Å². The molecule has 0 saturated heterocycles. The van der Waals surface area contributed by atoms with Crippen LogP contribution in [0.25, 0.3) is 16.4 Å². The molecular formula is C16H9FN4O2. The molecule has 2 heterocycles. The van der Waals surface area contributed by atoms with Gasteiger partial charge in [-0.05, 0) is 30.3 Å². The summed E-state index contributed by atoms with van der Waals surface area (Å²) in [7, 11) is 0. The van der Waals surface area contributed by atoms with Gasteiger partial charge >= 0.3 is 0 Å². The Hall–Kier alpha value is -3.35. The summed E-state index contributed by atoms with van der Waals surface area (Å²) in [6.45, 7) is 0. The van der Waals surface area contributed by atoms with Gasteiger partial charge in [0.25, 0.3) is 5.56 Å². The van der Waals surface area contributed by atoms with E-state index in [2.05, 4.69) is 15.3 Å². The van der Waals surface area contributed by atoms with Crippen molar-refractivity contribution in [1.29, 1.82) is 0 Å². The molecular weight excluding hydrogens is 299 g/mol. The molecule has 0 saturated carbocycles. The lowest BCUT2D eigenvalue weighted by atomic mass is 10.2. The number of aromatic nitrogens is 4. The van der Waals surface area contributed by atoms with Gasteiger partial charge in [0, 0.05) is 10.8 Å². The van der Waals surface area contributed by atoms with E-state index in [0.717, 1.165) is 10.7 Å². The van der Waals surface area contributed by atoms with Crippen molar-refractivity contribution < 1.29 is 9.13 Å². The van der Waals surface area contributed by atoms with Gasteiger partial charge < -0.3 is 4.74 Å². The molecule has 0 fully saturated rings. The first-order valence-corrected chi connectivity index (χ1v) is 6.79. The maximum absolute atomic E-state index is 13.0. The molecule has 0 aliphatic heterocycles. The standard InChI is InChI=1S/C16H9FN4O2/c17-10-5-7-11(8-6-10)23-16-13-4-2-1-3-12(13)15-19-18-9-14(22)21(15)20-16/h1-9H. The summed E-state index contributed by atoms with van der Waals surface area (Å²) >= 11 is 0. The Morgan fingerprint density at radius 2 is 1.74 bits per heavy atom. The third-order valence-corrected chi connectivity index (χ3v) is 3.35. The zero-order chi connectivity index (χ0) is 15.8. The number of halogens is 1. The second kappa shape index (κ2) is 5.13. The summed E-state index contributed by atoms with van der Waals surface area (Å²) in [6.07, 6.45) is 1.08. The molecule has 2 aromatic heterocycles. The molecule has 4 aromatic rings. The van der Waals surface area contributed by atoms with Crippen LogP contribution in [0.5, 0.6) is 11.6 Å². The second-order valence-electron chi connectivity index (χ2n) is 4.82. The number of nitrogens with zero attached hydrogens (tertiary/aromatic N) is 4. The van der Waals surface area contributed by atoms with Crippen LogP contribution in [0.15, 0.2) is 59.5 Å². The lowest BCUT2D eigenvalue weighted by Gasteiger charge is -2.09. The number of ether oxygens (including phenoxy) is 1. The largest absolute Gasteiger partial charge is 0.437 e. The molecule has 0 unspecified atom stereocenters. The molecule has 4 rings (SSSR count). The summed E-state index contributed by atoms with van der Waals surface area (Å²) in [5.74, 6) is 0.286. The number of fused-ring (bicyclic) bond motifs is 3. The Morgan fingerprint density at radius 1 is 1.00 bits per heavy atom. The first-order chi connectivity index (χ1) is 11.2. The number of rotatable bonds is 2. The predicted molar refractivity (Wildman–Crippen MR) is 81.0 cm³/mol. The fourth-order valence-corrected chi connectivity index (χ4v) is 2.30. The predicted octanol–water partition coefficient (Wildman–Crippen LogP) is 2.57. The molecule has 0 spiro atoms. The monoisotopic (exact) mass is 308 g/mol. The van der Waals surface area contributed by atoms with Gasteiger partial charge in [0.1, 0.15) is 17.8 Å². The lowest BCUT2D eigenvalue weighted by Crippen LogP contribution is -2.18. The highest BCUT2D eigenvalue weighted by Crippen LogP contribution is 2.28. The quantitative estimate of drug-likeness (QED) is 0.532. The van der Waals surface area contributed by atoms with E-state index in [1.165, 1.54) is 24.3 Å². The first-order valence-electron chi connectivity index (χ1n) is 6.79. The first kappa shape index (κ1) is 13.3. The van der Waals surface area contributed by atoms with Crippen molar-refractivity contribution >= 4 is 16.4 Å². The molecule has 112 valence electrons. The van der Waals surface area contributed by atoms with Gasteiger partial charge in [-0.2, -0.15) is 9.61 Å². The molecule has 2 aromatic carbocycles. The van der Waals surface area contributed by atoms with Crippen LogP contribution >= 0.6 is 0 Å². The van der Waals surface area contributed by atoms with Crippen LogP contribution in [0.2, 0.25) is 0 Å². The minimum absolute atomic E-state index is 0.231. The Bertz CT molecular complexity index is 1080. The third kappa shape index (κ3) is 2.28. The zero-order valence-electron chi connectivity index (χ0n) is 11.7. The normalized spacial score (nSPS) is 11.0. The van der Waals surface area contributed by atoms with E-state index in [-0.39, 0.29) is 11.7 Å². The summed E-state index contributed by atoms with van der Waals surface area (Å²) in [4.78, 5) is 12.0. The molecule has 23 heavy (non-hydrogen) atoms. The highest BCUT2D eigenvalue weighted by Gasteiger charge is 2.12. The number of hydrogen-bond acceptors (Lipinski definition) is 5. The Labute approximate surface area is 128 Å². The zero-order valence-corrected chi connectivity index (χ0v) is 11.7. The van der Waals surface area contributed by atoms with Crippen LogP contribution in [0.3, 0.4) is 0 Å². The summed E-state index contributed by atoms with van der Waals surface area (Å²) in [6, 6.07) is 12.8. The Balaban J connectivity index is 1.98. The number of benzene rings is 2. The van der Waals surface area contributed by atoms with Crippen LogP contribution in [0.4, 0.5) is 4.39 Å². The Kier molecular flexibility index (Phi) is 2.97. The van der Waals surface area contributed by atoms with E-state index in [0.29, 0.717) is 22.2 Å². The van der Waals surface area contributed by atoms with Crippen LogP contribution in [-0.4, -0.2) is 19.8 Å². The fourth-order valence-electron chi connectivity index (χ4n) is 2.30. The summed E-state index contributed by atoms with van der Waals surface area (Å²) < 4.78 is 19.9. The summed E-state index contributed by atoms with van der Waals surface area (Å²) in [5.41, 5.74) is -0.0655. The van der Waals surface area contributed by atoms with Crippen molar-refractivity contribution in [3.63, 3.8) is 0 Å². The molecule has 0 amide bonds. The van der Waals surface area contributed by atoms with Gasteiger partial charge in [-0.25, -0.2) is 4.39 Å². The average molecular weight is 308 g/mol. The van der Waals surface area contributed by atoms with Gasteiger partial charge in [0.05, 0.1) is 0 Å². The van der Waals surface area contributed by atoms with E-state index in [4.69, 9.17) is 4.74 Å². The van der Waals surface area contributed by atoms with Crippen molar-refractivity contribution in [1.82, 2.24) is 19.8 Å². The van der Waals surface area contributed by atoms with Crippen LogP contribution in [-0.2, 0) is 0 Å². The highest BCUT2D eigenvalue weighted by molar-refractivity contribution is 5.96. The lowest BCUT2D eigenvalue weighted by molar-refractivity contribution is 0.456. The fraction of sp³-hybridized carbons (Fsp3) is 0. The van der Waals surface area contributed by atoms with Gasteiger partial charge in [-0.3, -0.25) is 4.79 Å². The van der Waals surface area contributed by atoms with Crippen LogP contribution in [0, 0.1) is 5.82 Å². The molecule has 6 nitrogen and oxygen atoms in total. The minimum Gasteiger partial charge on any atom is -0.437 e. The van der Waals surface area contributed by atoms with Gasteiger partial charge in [0.2, 0.25) is 5.88 Å². The van der Waals surface area contributed by atoms with Crippen molar-refractivity contribution in [2.24, 2.45) is 0 Å². The molecule has 0 bridgehead atoms. The van der Waals surface area contributed by atoms with E-state index in [1.807, 2.05) is 12.1 Å². The van der Waals surface area contributed by atoms with Crippen molar-refractivity contribution in [3.05, 3.63) is 70.9 Å². The SMILES string of the molecule is O=c1cnnc2c3ccccc3c(Oc3ccc(F)cc3)nn12. The highest BCUT2D eigenvalue weighted by atomic mass is 19.1. The molecule has 0 aliphatic carbocycles. The molecule has 7 heteroatoms. The minimum atomic E-state index is -0.412.